The third kappa shape index (κ3) is 2.55. The van der Waals surface area contributed by atoms with Crippen molar-refractivity contribution in [3.05, 3.63) is 23.5 Å². The highest BCUT2D eigenvalue weighted by Crippen LogP contribution is 2.15. The average molecular weight is 193 g/mol. The van der Waals surface area contributed by atoms with Gasteiger partial charge in [-0.2, -0.15) is 0 Å². The third-order valence-electron chi connectivity index (χ3n) is 2.06. The van der Waals surface area contributed by atoms with Gasteiger partial charge in [-0.1, -0.05) is 13.3 Å². The van der Waals surface area contributed by atoms with Crippen LogP contribution in [0.15, 0.2) is 12.1 Å². The molecule has 0 saturated carbocycles. The molecule has 0 aliphatic heterocycles. The Balaban J connectivity index is 2.84. The van der Waals surface area contributed by atoms with Crippen LogP contribution in [-0.4, -0.2) is 18.4 Å². The second kappa shape index (κ2) is 5.37. The number of nitrogens with zero attached hydrogens (tertiary/aromatic N) is 1. The number of pyridine rings is 1. The molecule has 0 fully saturated rings. The van der Waals surface area contributed by atoms with Crippen LogP contribution < -0.4 is 4.74 Å². The molecule has 0 spiro atoms. The van der Waals surface area contributed by atoms with Gasteiger partial charge in [0, 0.05) is 5.69 Å². The summed E-state index contributed by atoms with van der Waals surface area (Å²) in [5.41, 5.74) is 1.34. The van der Waals surface area contributed by atoms with Crippen molar-refractivity contribution < 1.29 is 9.53 Å². The Bertz CT molecular complexity index is 310. The highest BCUT2D eigenvalue weighted by atomic mass is 16.5. The van der Waals surface area contributed by atoms with Crippen LogP contribution in [0.5, 0.6) is 5.75 Å². The summed E-state index contributed by atoms with van der Waals surface area (Å²) in [5.74, 6) is 0.542. The first-order valence-electron chi connectivity index (χ1n) is 4.81. The summed E-state index contributed by atoms with van der Waals surface area (Å²) >= 11 is 0. The highest BCUT2D eigenvalue weighted by molar-refractivity contribution is 5.76. The molecule has 0 unspecified atom stereocenters. The van der Waals surface area contributed by atoms with E-state index < -0.39 is 0 Å². The van der Waals surface area contributed by atoms with Gasteiger partial charge in [-0.05, 0) is 25.0 Å². The molecule has 1 aromatic heterocycles. The van der Waals surface area contributed by atoms with Crippen molar-refractivity contribution >= 4 is 6.29 Å². The summed E-state index contributed by atoms with van der Waals surface area (Å²) in [6, 6.07) is 3.70. The number of carbonyl (C=O) groups is 1. The monoisotopic (exact) mass is 193 g/mol. The third-order valence-corrected chi connectivity index (χ3v) is 2.06. The molecule has 0 radical (unpaired) electrons. The van der Waals surface area contributed by atoms with Gasteiger partial charge in [0.2, 0.25) is 0 Å². The van der Waals surface area contributed by atoms with Gasteiger partial charge in [0.05, 0.1) is 7.11 Å². The van der Waals surface area contributed by atoms with Crippen LogP contribution in [0.2, 0.25) is 0 Å². The van der Waals surface area contributed by atoms with Crippen LogP contribution in [0, 0.1) is 0 Å². The van der Waals surface area contributed by atoms with Crippen LogP contribution in [0.1, 0.15) is 35.9 Å². The predicted molar refractivity (Wildman–Crippen MR) is 54.8 cm³/mol. The van der Waals surface area contributed by atoms with Crippen molar-refractivity contribution in [1.82, 2.24) is 4.98 Å². The van der Waals surface area contributed by atoms with Crippen molar-refractivity contribution in [3.63, 3.8) is 0 Å². The minimum absolute atomic E-state index is 0.390. The molecule has 0 aliphatic rings. The summed E-state index contributed by atoms with van der Waals surface area (Å²) in [7, 11) is 1.54. The van der Waals surface area contributed by atoms with Gasteiger partial charge in [0.25, 0.3) is 0 Å². The van der Waals surface area contributed by atoms with E-state index in [0.29, 0.717) is 11.4 Å². The van der Waals surface area contributed by atoms with Crippen molar-refractivity contribution in [2.24, 2.45) is 0 Å². The number of unbranched alkanes of at least 4 members (excludes halogenated alkanes) is 1. The van der Waals surface area contributed by atoms with Gasteiger partial charge < -0.3 is 4.74 Å². The van der Waals surface area contributed by atoms with E-state index in [1.165, 1.54) is 7.11 Å². The molecule has 0 saturated heterocycles. The maximum Gasteiger partial charge on any atom is 0.172 e. The van der Waals surface area contributed by atoms with Gasteiger partial charge in [-0.25, -0.2) is 4.98 Å². The smallest absolute Gasteiger partial charge is 0.172 e. The summed E-state index contributed by atoms with van der Waals surface area (Å²) in [4.78, 5) is 14.9. The number of carbonyl (C=O) groups excluding carboxylic acids is 1. The Labute approximate surface area is 84.1 Å². The Morgan fingerprint density at radius 2 is 2.29 bits per heavy atom. The zero-order valence-electron chi connectivity index (χ0n) is 8.62. The quantitative estimate of drug-likeness (QED) is 0.673. The minimum atomic E-state index is 0.390. The molecule has 0 atom stereocenters. The molecule has 1 aromatic rings. The van der Waals surface area contributed by atoms with Crippen LogP contribution in [-0.2, 0) is 6.42 Å². The van der Waals surface area contributed by atoms with E-state index in [4.69, 9.17) is 4.74 Å². The van der Waals surface area contributed by atoms with Gasteiger partial charge in [0.1, 0.15) is 11.4 Å². The second-order valence-electron chi connectivity index (χ2n) is 3.11. The summed E-state index contributed by atoms with van der Waals surface area (Å²) in [6.07, 6.45) is 3.87. The number of aryl methyl sites for hydroxylation is 1. The van der Waals surface area contributed by atoms with Gasteiger partial charge >= 0.3 is 0 Å². The number of ether oxygens (including phenoxy) is 1. The molecule has 1 heterocycles. The molecule has 76 valence electrons. The lowest BCUT2D eigenvalue weighted by Crippen LogP contribution is -1.98. The van der Waals surface area contributed by atoms with Crippen molar-refractivity contribution in [2.75, 3.05) is 7.11 Å². The molecule has 3 nitrogen and oxygen atoms in total. The standard InChI is InChI=1S/C11H15NO2/c1-3-4-5-9-6-7-11(14-2)10(8-13)12-9/h6-8H,3-5H2,1-2H3. The number of aldehydes is 1. The van der Waals surface area contributed by atoms with Crippen LogP contribution in [0.25, 0.3) is 0 Å². The first-order chi connectivity index (χ1) is 6.81. The number of rotatable bonds is 5. The van der Waals surface area contributed by atoms with Gasteiger partial charge in [-0.15, -0.1) is 0 Å². The second-order valence-corrected chi connectivity index (χ2v) is 3.11. The Hall–Kier alpha value is -1.38. The van der Waals surface area contributed by atoms with Crippen molar-refractivity contribution in [1.29, 1.82) is 0 Å². The molecule has 0 bridgehead atoms. The minimum Gasteiger partial charge on any atom is -0.494 e. The van der Waals surface area contributed by atoms with E-state index in [1.807, 2.05) is 6.07 Å². The molecule has 0 aromatic carbocycles. The molecule has 0 N–H and O–H groups in total. The lowest BCUT2D eigenvalue weighted by Gasteiger charge is -2.04. The fourth-order valence-electron chi connectivity index (χ4n) is 1.26. The molecule has 0 amide bonds. The summed E-state index contributed by atoms with van der Waals surface area (Å²) in [6.45, 7) is 2.13. The van der Waals surface area contributed by atoms with Crippen LogP contribution >= 0.6 is 0 Å². The zero-order chi connectivity index (χ0) is 10.4. The van der Waals surface area contributed by atoms with Crippen molar-refractivity contribution in [2.45, 2.75) is 26.2 Å². The Morgan fingerprint density at radius 3 is 2.86 bits per heavy atom. The Morgan fingerprint density at radius 1 is 1.50 bits per heavy atom. The van der Waals surface area contributed by atoms with Crippen LogP contribution in [0.3, 0.4) is 0 Å². The topological polar surface area (TPSA) is 39.2 Å². The number of hydrogen-bond acceptors (Lipinski definition) is 3. The van der Waals surface area contributed by atoms with E-state index >= 15 is 0 Å². The Kier molecular flexibility index (Phi) is 4.11. The largest absolute Gasteiger partial charge is 0.494 e. The maximum atomic E-state index is 10.7. The lowest BCUT2D eigenvalue weighted by atomic mass is 10.2. The fraction of sp³-hybridized carbons (Fsp3) is 0.455. The summed E-state index contributed by atoms with van der Waals surface area (Å²) < 4.78 is 5.00. The highest BCUT2D eigenvalue weighted by Gasteiger charge is 2.04. The molecule has 14 heavy (non-hydrogen) atoms. The van der Waals surface area contributed by atoms with E-state index in [9.17, 15) is 4.79 Å². The number of methoxy groups -OCH3 is 1. The first kappa shape index (κ1) is 10.7. The SMILES string of the molecule is CCCCc1ccc(OC)c(C=O)n1. The normalized spacial score (nSPS) is 9.86. The van der Waals surface area contributed by atoms with E-state index in [-0.39, 0.29) is 0 Å². The number of aromatic nitrogens is 1. The van der Waals surface area contributed by atoms with Gasteiger partial charge in [0.15, 0.2) is 6.29 Å². The maximum absolute atomic E-state index is 10.7. The zero-order valence-corrected chi connectivity index (χ0v) is 8.62. The first-order valence-corrected chi connectivity index (χ1v) is 4.81. The van der Waals surface area contributed by atoms with E-state index in [0.717, 1.165) is 31.2 Å². The molecule has 0 aliphatic carbocycles. The van der Waals surface area contributed by atoms with Crippen molar-refractivity contribution in [3.8, 4) is 5.75 Å². The average Bonchev–Trinajstić information content (AvgIpc) is 2.25. The predicted octanol–water partition coefficient (Wildman–Crippen LogP) is 2.25. The lowest BCUT2D eigenvalue weighted by molar-refractivity contribution is 0.111. The van der Waals surface area contributed by atoms with E-state index in [2.05, 4.69) is 11.9 Å². The van der Waals surface area contributed by atoms with Gasteiger partial charge in [-0.3, -0.25) is 4.79 Å². The molecule has 3 heteroatoms. The molecular weight excluding hydrogens is 178 g/mol. The molecular formula is C11H15NO2. The summed E-state index contributed by atoms with van der Waals surface area (Å²) in [5, 5.41) is 0. The fourth-order valence-corrected chi connectivity index (χ4v) is 1.26. The molecule has 1 rings (SSSR count). The van der Waals surface area contributed by atoms with Crippen LogP contribution in [0.4, 0.5) is 0 Å². The number of hydrogen-bond donors (Lipinski definition) is 0. The van der Waals surface area contributed by atoms with E-state index in [1.54, 1.807) is 6.07 Å².